The minimum Gasteiger partial charge on any atom is -0.394 e. The van der Waals surface area contributed by atoms with Gasteiger partial charge in [-0.1, -0.05) is 6.92 Å². The molecule has 0 saturated carbocycles. The second-order valence-corrected chi connectivity index (χ2v) is 5.01. The van der Waals surface area contributed by atoms with Crippen molar-refractivity contribution in [1.82, 2.24) is 10.6 Å². The predicted octanol–water partition coefficient (Wildman–Crippen LogP) is 0.263. The molecule has 1 saturated heterocycles. The third-order valence-corrected chi connectivity index (χ3v) is 3.46. The van der Waals surface area contributed by atoms with Gasteiger partial charge in [-0.2, -0.15) is 0 Å². The van der Waals surface area contributed by atoms with Crippen LogP contribution in [0.25, 0.3) is 0 Å². The summed E-state index contributed by atoms with van der Waals surface area (Å²) >= 11 is 0. The van der Waals surface area contributed by atoms with Gasteiger partial charge in [0.1, 0.15) is 0 Å². The number of rotatable bonds is 4. The number of carbonyl (C=O) groups excluding carboxylic acids is 1. The number of aliphatic hydroxyl groups excluding tert-OH is 1. The van der Waals surface area contributed by atoms with Gasteiger partial charge in [-0.3, -0.25) is 4.79 Å². The van der Waals surface area contributed by atoms with Crippen molar-refractivity contribution in [3.63, 3.8) is 0 Å². The van der Waals surface area contributed by atoms with E-state index in [0.717, 1.165) is 25.9 Å². The molecule has 1 heterocycles. The van der Waals surface area contributed by atoms with E-state index in [4.69, 9.17) is 0 Å². The Hall–Kier alpha value is -0.610. The van der Waals surface area contributed by atoms with Crippen LogP contribution in [0, 0.1) is 5.41 Å². The van der Waals surface area contributed by atoms with Gasteiger partial charge in [-0.15, -0.1) is 0 Å². The molecule has 3 N–H and O–H groups in total. The van der Waals surface area contributed by atoms with Crippen molar-refractivity contribution in [1.29, 1.82) is 0 Å². The fourth-order valence-corrected chi connectivity index (χ4v) is 1.68. The Morgan fingerprint density at radius 3 is 2.73 bits per heavy atom. The van der Waals surface area contributed by atoms with Crippen LogP contribution in [0.3, 0.4) is 0 Å². The average molecular weight is 214 g/mol. The number of hydrogen-bond donors (Lipinski definition) is 3. The second kappa shape index (κ2) is 4.49. The van der Waals surface area contributed by atoms with Crippen molar-refractivity contribution in [2.45, 2.75) is 39.2 Å². The van der Waals surface area contributed by atoms with Crippen LogP contribution in [-0.4, -0.2) is 36.2 Å². The Kier molecular flexibility index (Phi) is 3.73. The van der Waals surface area contributed by atoms with Crippen molar-refractivity contribution in [3.05, 3.63) is 0 Å². The van der Waals surface area contributed by atoms with E-state index in [2.05, 4.69) is 10.6 Å². The summed E-state index contributed by atoms with van der Waals surface area (Å²) in [6.45, 7) is 7.41. The third-order valence-electron chi connectivity index (χ3n) is 3.46. The van der Waals surface area contributed by atoms with Crippen LogP contribution in [0.5, 0.6) is 0 Å². The molecule has 2 unspecified atom stereocenters. The van der Waals surface area contributed by atoms with E-state index < -0.39 is 5.54 Å². The van der Waals surface area contributed by atoms with E-state index in [0.29, 0.717) is 0 Å². The fourth-order valence-electron chi connectivity index (χ4n) is 1.68. The molecule has 0 aromatic rings. The molecule has 4 nitrogen and oxygen atoms in total. The van der Waals surface area contributed by atoms with Crippen molar-refractivity contribution in [2.24, 2.45) is 5.41 Å². The van der Waals surface area contributed by atoms with Crippen molar-refractivity contribution in [3.8, 4) is 0 Å². The molecule has 4 heteroatoms. The van der Waals surface area contributed by atoms with Gasteiger partial charge in [0.05, 0.1) is 17.6 Å². The highest BCUT2D eigenvalue weighted by atomic mass is 16.3. The molecule has 1 amide bonds. The van der Waals surface area contributed by atoms with Crippen molar-refractivity contribution in [2.75, 3.05) is 19.7 Å². The van der Waals surface area contributed by atoms with Crippen LogP contribution in [0.1, 0.15) is 33.6 Å². The van der Waals surface area contributed by atoms with Crippen LogP contribution in [-0.2, 0) is 4.79 Å². The molecule has 0 aromatic carbocycles. The minimum atomic E-state index is -0.483. The van der Waals surface area contributed by atoms with E-state index in [1.807, 2.05) is 20.8 Å². The molecule has 0 radical (unpaired) electrons. The summed E-state index contributed by atoms with van der Waals surface area (Å²) < 4.78 is 0. The van der Waals surface area contributed by atoms with Gasteiger partial charge in [0.25, 0.3) is 0 Å². The largest absolute Gasteiger partial charge is 0.394 e. The summed E-state index contributed by atoms with van der Waals surface area (Å²) in [5.41, 5.74) is -0.797. The van der Waals surface area contributed by atoms with Gasteiger partial charge in [0.15, 0.2) is 0 Å². The first kappa shape index (κ1) is 12.5. The molecule has 2 atom stereocenters. The lowest BCUT2D eigenvalue weighted by Gasteiger charge is -2.32. The third kappa shape index (κ3) is 2.69. The summed E-state index contributed by atoms with van der Waals surface area (Å²) in [7, 11) is 0. The monoisotopic (exact) mass is 214 g/mol. The predicted molar refractivity (Wildman–Crippen MR) is 59.5 cm³/mol. The lowest BCUT2D eigenvalue weighted by molar-refractivity contribution is -0.131. The Balaban J connectivity index is 2.61. The number of aliphatic hydroxyl groups is 1. The number of carbonyl (C=O) groups is 1. The first-order valence-corrected chi connectivity index (χ1v) is 5.60. The molecule has 0 bridgehead atoms. The SMILES string of the molecule is CCC(C)(CO)NC(=O)C1(C)CCNC1. The van der Waals surface area contributed by atoms with E-state index in [1.54, 1.807) is 0 Å². The molecule has 1 aliphatic rings. The van der Waals surface area contributed by atoms with Crippen molar-refractivity contribution >= 4 is 5.91 Å². The van der Waals surface area contributed by atoms with Crippen molar-refractivity contribution < 1.29 is 9.90 Å². The molecule has 15 heavy (non-hydrogen) atoms. The highest BCUT2D eigenvalue weighted by Gasteiger charge is 2.38. The zero-order valence-electron chi connectivity index (χ0n) is 9.89. The Morgan fingerprint density at radius 1 is 1.67 bits per heavy atom. The summed E-state index contributed by atoms with van der Waals surface area (Å²) in [4.78, 5) is 12.0. The number of nitrogens with one attached hydrogen (secondary N) is 2. The molecule has 1 aliphatic heterocycles. The maximum Gasteiger partial charge on any atom is 0.227 e. The topological polar surface area (TPSA) is 61.4 Å². The molecular weight excluding hydrogens is 192 g/mol. The van der Waals surface area contributed by atoms with Gasteiger partial charge in [0.2, 0.25) is 5.91 Å². The van der Waals surface area contributed by atoms with Crippen LogP contribution in [0.15, 0.2) is 0 Å². The first-order chi connectivity index (χ1) is 6.96. The molecular formula is C11H22N2O2. The van der Waals surface area contributed by atoms with Gasteiger partial charge >= 0.3 is 0 Å². The summed E-state index contributed by atoms with van der Waals surface area (Å²) in [6.07, 6.45) is 1.60. The Morgan fingerprint density at radius 2 is 2.33 bits per heavy atom. The molecule has 88 valence electrons. The lowest BCUT2D eigenvalue weighted by atomic mass is 9.87. The molecule has 0 spiro atoms. The molecule has 1 fully saturated rings. The maximum atomic E-state index is 12.0. The normalized spacial score (nSPS) is 29.9. The maximum absolute atomic E-state index is 12.0. The summed E-state index contributed by atoms with van der Waals surface area (Å²) in [6, 6.07) is 0. The molecule has 0 aliphatic carbocycles. The van der Waals surface area contributed by atoms with Crippen LogP contribution in [0.2, 0.25) is 0 Å². The van der Waals surface area contributed by atoms with Gasteiger partial charge < -0.3 is 15.7 Å². The first-order valence-electron chi connectivity index (χ1n) is 5.60. The van der Waals surface area contributed by atoms with E-state index in [9.17, 15) is 9.90 Å². The molecule has 0 aromatic heterocycles. The smallest absolute Gasteiger partial charge is 0.227 e. The Bertz CT molecular complexity index is 231. The highest BCUT2D eigenvalue weighted by Crippen LogP contribution is 2.25. The second-order valence-electron chi connectivity index (χ2n) is 5.01. The van der Waals surface area contributed by atoms with Crippen LogP contribution in [0.4, 0.5) is 0 Å². The van der Waals surface area contributed by atoms with Gasteiger partial charge in [-0.05, 0) is 33.2 Å². The van der Waals surface area contributed by atoms with E-state index in [1.165, 1.54) is 0 Å². The Labute approximate surface area is 91.4 Å². The number of hydrogen-bond acceptors (Lipinski definition) is 3. The zero-order valence-corrected chi connectivity index (χ0v) is 9.89. The summed E-state index contributed by atoms with van der Waals surface area (Å²) in [5.74, 6) is 0.0471. The lowest BCUT2D eigenvalue weighted by Crippen LogP contribution is -2.53. The van der Waals surface area contributed by atoms with Crippen LogP contribution < -0.4 is 10.6 Å². The van der Waals surface area contributed by atoms with E-state index in [-0.39, 0.29) is 17.9 Å². The fraction of sp³-hybridized carbons (Fsp3) is 0.909. The highest BCUT2D eigenvalue weighted by molar-refractivity contribution is 5.83. The standard InChI is InChI=1S/C11H22N2O2/c1-4-11(3,8-14)13-9(15)10(2)5-6-12-7-10/h12,14H,4-8H2,1-3H3,(H,13,15). The number of amides is 1. The molecule has 1 rings (SSSR count). The average Bonchev–Trinajstić information content (AvgIpc) is 2.66. The minimum absolute atomic E-state index is 0.0151. The summed E-state index contributed by atoms with van der Waals surface area (Å²) in [5, 5.41) is 15.4. The van der Waals surface area contributed by atoms with Gasteiger partial charge in [0, 0.05) is 6.54 Å². The van der Waals surface area contributed by atoms with Gasteiger partial charge in [-0.25, -0.2) is 0 Å². The van der Waals surface area contributed by atoms with Crippen LogP contribution >= 0.6 is 0 Å². The quantitative estimate of drug-likeness (QED) is 0.629. The van der Waals surface area contributed by atoms with E-state index >= 15 is 0 Å². The zero-order chi connectivity index (χ0) is 11.5.